The predicted octanol–water partition coefficient (Wildman–Crippen LogP) is 2.99. The van der Waals surface area contributed by atoms with E-state index in [0.29, 0.717) is 0 Å². The highest BCUT2D eigenvalue weighted by atomic mass is 32.1. The number of fused-ring (bicyclic) bond motifs is 1. The average molecular weight is 272 g/mol. The van der Waals surface area contributed by atoms with E-state index in [4.69, 9.17) is 0 Å². The summed E-state index contributed by atoms with van der Waals surface area (Å²) in [6.45, 7) is 4.98. The van der Waals surface area contributed by atoms with Crippen LogP contribution in [0.2, 0.25) is 0 Å². The predicted molar refractivity (Wildman–Crippen MR) is 78.3 cm³/mol. The first kappa shape index (κ1) is 12.3. The van der Waals surface area contributed by atoms with E-state index >= 15 is 0 Å². The Hall–Kier alpha value is -1.75. The molecule has 1 aliphatic carbocycles. The van der Waals surface area contributed by atoms with E-state index in [-0.39, 0.29) is 0 Å². The zero-order valence-electron chi connectivity index (χ0n) is 11.1. The minimum atomic E-state index is 0.779. The number of nitrogens with one attached hydrogen (secondary N) is 1. The Morgan fingerprint density at radius 3 is 3.05 bits per heavy atom. The second-order valence-corrected chi connectivity index (χ2v) is 5.68. The van der Waals surface area contributed by atoms with E-state index in [0.717, 1.165) is 42.2 Å². The molecular weight excluding hydrogens is 256 g/mol. The van der Waals surface area contributed by atoms with Gasteiger partial charge in [0, 0.05) is 16.9 Å². The minimum absolute atomic E-state index is 0.779. The molecule has 1 N–H and O–H groups in total. The van der Waals surface area contributed by atoms with Crippen LogP contribution in [-0.2, 0) is 19.4 Å². The molecule has 98 valence electrons. The Labute approximate surface area is 116 Å². The van der Waals surface area contributed by atoms with E-state index in [1.165, 1.54) is 9.88 Å². The topological polar surface area (TPSA) is 50.7 Å². The zero-order chi connectivity index (χ0) is 13.2. The Morgan fingerprint density at radius 1 is 1.37 bits per heavy atom. The summed E-state index contributed by atoms with van der Waals surface area (Å²) >= 11 is 1.78. The zero-order valence-corrected chi connectivity index (χ0v) is 11.9. The summed E-state index contributed by atoms with van der Waals surface area (Å²) in [5, 5.41) is 4.60. The van der Waals surface area contributed by atoms with Crippen molar-refractivity contribution in [2.24, 2.45) is 0 Å². The van der Waals surface area contributed by atoms with Crippen molar-refractivity contribution in [3.8, 4) is 0 Å². The van der Waals surface area contributed by atoms with E-state index in [2.05, 4.69) is 46.3 Å². The number of nitrogens with zero attached hydrogens (tertiary/aromatic N) is 3. The van der Waals surface area contributed by atoms with Crippen LogP contribution >= 0.6 is 11.3 Å². The number of rotatable bonds is 4. The maximum atomic E-state index is 4.55. The van der Waals surface area contributed by atoms with Crippen LogP contribution in [-0.4, -0.2) is 15.0 Å². The molecule has 0 aliphatic heterocycles. The summed E-state index contributed by atoms with van der Waals surface area (Å²) in [6.07, 6.45) is 7.75. The first-order valence-electron chi connectivity index (χ1n) is 6.47. The molecule has 2 aromatic rings. The maximum absolute atomic E-state index is 4.55. The van der Waals surface area contributed by atoms with Crippen molar-refractivity contribution in [3.63, 3.8) is 0 Å². The highest BCUT2D eigenvalue weighted by molar-refractivity contribution is 7.11. The molecule has 0 fully saturated rings. The van der Waals surface area contributed by atoms with Crippen LogP contribution in [0.5, 0.6) is 0 Å². The van der Waals surface area contributed by atoms with Crippen molar-refractivity contribution in [2.45, 2.75) is 33.2 Å². The first-order valence-corrected chi connectivity index (χ1v) is 7.29. The molecular formula is C14H16N4S. The molecule has 2 heterocycles. The monoisotopic (exact) mass is 272 g/mol. The smallest absolute Gasteiger partial charge is 0.137 e. The summed E-state index contributed by atoms with van der Waals surface area (Å²) in [6, 6.07) is 0. The van der Waals surface area contributed by atoms with Gasteiger partial charge in [-0.05, 0) is 13.3 Å². The van der Waals surface area contributed by atoms with Crippen LogP contribution in [0.1, 0.15) is 33.8 Å². The van der Waals surface area contributed by atoms with Gasteiger partial charge in [-0.1, -0.05) is 19.1 Å². The van der Waals surface area contributed by atoms with Crippen molar-refractivity contribution >= 4 is 23.2 Å². The fraction of sp³-hybridized carbons (Fsp3) is 0.357. The normalized spacial score (nSPS) is 12.7. The maximum Gasteiger partial charge on any atom is 0.137 e. The van der Waals surface area contributed by atoms with Crippen LogP contribution in [0.15, 0.2) is 12.4 Å². The number of thiazole rings is 1. The summed E-state index contributed by atoms with van der Waals surface area (Å²) in [4.78, 5) is 14.4. The van der Waals surface area contributed by atoms with Gasteiger partial charge in [0.05, 0.1) is 22.9 Å². The molecule has 0 bridgehead atoms. The summed E-state index contributed by atoms with van der Waals surface area (Å²) in [7, 11) is 0. The van der Waals surface area contributed by atoms with Gasteiger partial charge in [0.25, 0.3) is 0 Å². The second kappa shape index (κ2) is 5.09. The number of allylic oxidation sites excluding steroid dienone is 1. The third kappa shape index (κ3) is 2.38. The quantitative estimate of drug-likeness (QED) is 0.929. The third-order valence-corrected chi connectivity index (χ3v) is 4.52. The van der Waals surface area contributed by atoms with Gasteiger partial charge in [-0.3, -0.25) is 0 Å². The lowest BCUT2D eigenvalue weighted by molar-refractivity contribution is 1.02. The molecule has 0 aromatic carbocycles. The lowest BCUT2D eigenvalue weighted by Gasteiger charge is -2.08. The first-order chi connectivity index (χ1) is 9.28. The van der Waals surface area contributed by atoms with Crippen LogP contribution in [0.25, 0.3) is 6.08 Å². The number of anilines is 1. The second-order valence-electron chi connectivity index (χ2n) is 4.51. The van der Waals surface area contributed by atoms with E-state index in [9.17, 15) is 0 Å². The molecule has 0 spiro atoms. The number of hydrogen-bond donors (Lipinski definition) is 1. The van der Waals surface area contributed by atoms with E-state index in [1.807, 2.05) is 0 Å². The third-order valence-electron chi connectivity index (χ3n) is 3.22. The molecule has 0 radical (unpaired) electrons. The van der Waals surface area contributed by atoms with Crippen LogP contribution in [0.3, 0.4) is 0 Å². The van der Waals surface area contributed by atoms with Crippen molar-refractivity contribution < 1.29 is 0 Å². The van der Waals surface area contributed by atoms with Crippen molar-refractivity contribution in [2.75, 3.05) is 5.32 Å². The van der Waals surface area contributed by atoms with Crippen molar-refractivity contribution in [1.82, 2.24) is 15.0 Å². The summed E-state index contributed by atoms with van der Waals surface area (Å²) in [5.41, 5.74) is 3.35. The summed E-state index contributed by atoms with van der Waals surface area (Å²) < 4.78 is 0. The van der Waals surface area contributed by atoms with Crippen LogP contribution in [0.4, 0.5) is 5.82 Å². The lowest BCUT2D eigenvalue weighted by Crippen LogP contribution is -2.04. The van der Waals surface area contributed by atoms with E-state index in [1.54, 1.807) is 17.7 Å². The lowest BCUT2D eigenvalue weighted by atomic mass is 10.2. The van der Waals surface area contributed by atoms with Crippen LogP contribution < -0.4 is 5.32 Å². The number of aromatic nitrogens is 3. The Kier molecular flexibility index (Phi) is 3.29. The number of aryl methyl sites for hydroxylation is 2. The molecule has 0 amide bonds. The molecule has 0 saturated heterocycles. The van der Waals surface area contributed by atoms with Gasteiger partial charge in [-0.15, -0.1) is 11.3 Å². The van der Waals surface area contributed by atoms with E-state index < -0.39 is 0 Å². The molecule has 2 aromatic heterocycles. The molecule has 1 aliphatic rings. The number of hydrogen-bond acceptors (Lipinski definition) is 5. The molecule has 0 atom stereocenters. The Bertz CT molecular complexity index is 630. The molecule has 19 heavy (non-hydrogen) atoms. The fourth-order valence-corrected chi connectivity index (χ4v) is 3.12. The van der Waals surface area contributed by atoms with Crippen LogP contribution in [0, 0.1) is 6.92 Å². The van der Waals surface area contributed by atoms with Gasteiger partial charge >= 0.3 is 0 Å². The molecule has 4 nitrogen and oxygen atoms in total. The highest BCUT2D eigenvalue weighted by Crippen LogP contribution is 2.25. The van der Waals surface area contributed by atoms with Gasteiger partial charge in [0.2, 0.25) is 0 Å². The Morgan fingerprint density at radius 2 is 2.26 bits per heavy atom. The van der Waals surface area contributed by atoms with Gasteiger partial charge < -0.3 is 5.32 Å². The highest BCUT2D eigenvalue weighted by Gasteiger charge is 2.13. The van der Waals surface area contributed by atoms with Gasteiger partial charge in [-0.25, -0.2) is 15.0 Å². The fourth-order valence-electron chi connectivity index (χ4n) is 2.17. The SMILES string of the molecule is CCc1nc(C)c(CNc2ncnc3c2C=CC3)s1. The molecule has 0 saturated carbocycles. The molecule has 0 unspecified atom stereocenters. The molecule has 5 heteroatoms. The summed E-state index contributed by atoms with van der Waals surface area (Å²) in [5.74, 6) is 0.921. The van der Waals surface area contributed by atoms with Gasteiger partial charge in [0.15, 0.2) is 0 Å². The average Bonchev–Trinajstić information content (AvgIpc) is 3.02. The molecule has 3 rings (SSSR count). The van der Waals surface area contributed by atoms with Crippen molar-refractivity contribution in [1.29, 1.82) is 0 Å². The van der Waals surface area contributed by atoms with Gasteiger partial charge in [-0.2, -0.15) is 0 Å². The minimum Gasteiger partial charge on any atom is -0.365 e. The van der Waals surface area contributed by atoms with Gasteiger partial charge in [0.1, 0.15) is 12.1 Å². The standard InChI is InChI=1S/C14H16N4S/c1-3-13-18-9(2)12(19-13)7-15-14-10-5-4-6-11(10)16-8-17-14/h4-5,8H,3,6-7H2,1-2H3,(H,15,16,17). The Balaban J connectivity index is 1.78. The van der Waals surface area contributed by atoms with Crippen molar-refractivity contribution in [3.05, 3.63) is 39.2 Å². The largest absolute Gasteiger partial charge is 0.365 e.